The van der Waals surface area contributed by atoms with Gasteiger partial charge in [-0.3, -0.25) is 11.3 Å². The Labute approximate surface area is 74.7 Å². The molecule has 0 saturated heterocycles. The monoisotopic (exact) mass is 186 g/mol. The van der Waals surface area contributed by atoms with Crippen molar-refractivity contribution in [3.05, 3.63) is 0 Å². The zero-order valence-corrected chi connectivity index (χ0v) is 7.80. The van der Waals surface area contributed by atoms with Gasteiger partial charge in [0.25, 0.3) is 0 Å². The van der Waals surface area contributed by atoms with Gasteiger partial charge < -0.3 is 0 Å². The molecule has 1 atom stereocenters. The fourth-order valence-electron chi connectivity index (χ4n) is 1.02. The summed E-state index contributed by atoms with van der Waals surface area (Å²) in [7, 11) is 0. The lowest BCUT2D eigenvalue weighted by Gasteiger charge is -2.06. The van der Waals surface area contributed by atoms with Crippen LogP contribution < -0.4 is 11.3 Å². The Bertz CT molecular complexity index is 76.1. The molecule has 3 N–H and O–H groups in total. The first-order valence-corrected chi connectivity index (χ1v) is 3.28. The summed E-state index contributed by atoms with van der Waals surface area (Å²) in [5, 5.41) is 0. The minimum absolute atomic E-state index is 0. The summed E-state index contributed by atoms with van der Waals surface area (Å²) in [6, 6.07) is 0. The Morgan fingerprint density at radius 2 is 2.00 bits per heavy atom. The van der Waals surface area contributed by atoms with Crippen molar-refractivity contribution in [3.8, 4) is 0 Å². The molecule has 64 valence electrons. The lowest BCUT2D eigenvalue weighted by Crippen LogP contribution is -2.28. The molecule has 10 heavy (non-hydrogen) atoms. The van der Waals surface area contributed by atoms with E-state index in [2.05, 4.69) is 12.3 Å². The van der Waals surface area contributed by atoms with E-state index >= 15 is 0 Å². The Kier molecular flexibility index (Phi) is 8.17. The van der Waals surface area contributed by atoms with Gasteiger partial charge in [0.15, 0.2) is 0 Å². The van der Waals surface area contributed by atoms with E-state index in [-0.39, 0.29) is 24.8 Å². The predicted molar refractivity (Wildman–Crippen MR) is 48.6 cm³/mol. The first kappa shape index (κ1) is 13.1. The quantitative estimate of drug-likeness (QED) is 0.516. The van der Waals surface area contributed by atoms with E-state index in [0.717, 1.165) is 18.4 Å². The summed E-state index contributed by atoms with van der Waals surface area (Å²) in [5.74, 6) is 6.91. The Morgan fingerprint density at radius 3 is 2.30 bits per heavy atom. The maximum absolute atomic E-state index is 5.14. The average molecular weight is 187 g/mol. The summed E-state index contributed by atoms with van der Waals surface area (Å²) in [5.41, 5.74) is 2.69. The molecule has 0 spiro atoms. The molecule has 1 unspecified atom stereocenters. The number of halogens is 2. The highest BCUT2D eigenvalue weighted by molar-refractivity contribution is 5.85. The summed E-state index contributed by atoms with van der Waals surface area (Å²) in [6.45, 7) is 3.22. The molecule has 1 rings (SSSR count). The van der Waals surface area contributed by atoms with E-state index in [1.807, 2.05) is 0 Å². The Morgan fingerprint density at radius 1 is 1.50 bits per heavy atom. The van der Waals surface area contributed by atoms with Gasteiger partial charge in [-0.05, 0) is 24.7 Å². The molecule has 0 radical (unpaired) electrons. The molecule has 0 aromatic heterocycles. The van der Waals surface area contributed by atoms with Crippen LogP contribution in [0.5, 0.6) is 0 Å². The van der Waals surface area contributed by atoms with Crippen molar-refractivity contribution in [3.63, 3.8) is 0 Å². The van der Waals surface area contributed by atoms with Crippen LogP contribution in [-0.4, -0.2) is 6.54 Å². The second-order valence-electron chi connectivity index (χ2n) is 2.72. The fourth-order valence-corrected chi connectivity index (χ4v) is 1.02. The largest absolute Gasteiger partial charge is 0.271 e. The van der Waals surface area contributed by atoms with Gasteiger partial charge in [-0.15, -0.1) is 24.8 Å². The van der Waals surface area contributed by atoms with E-state index in [4.69, 9.17) is 5.84 Å². The van der Waals surface area contributed by atoms with Crippen LogP contribution in [0, 0.1) is 11.8 Å². The third-order valence-electron chi connectivity index (χ3n) is 1.87. The van der Waals surface area contributed by atoms with Crippen LogP contribution in [0.15, 0.2) is 0 Å². The van der Waals surface area contributed by atoms with Crippen LogP contribution in [-0.2, 0) is 0 Å². The van der Waals surface area contributed by atoms with Crippen LogP contribution in [0.4, 0.5) is 0 Å². The zero-order valence-electron chi connectivity index (χ0n) is 6.17. The lowest BCUT2D eigenvalue weighted by atomic mass is 10.1. The van der Waals surface area contributed by atoms with Crippen LogP contribution in [0.25, 0.3) is 0 Å². The molecule has 1 fully saturated rings. The molecule has 0 bridgehead atoms. The van der Waals surface area contributed by atoms with Crippen molar-refractivity contribution in [2.45, 2.75) is 19.8 Å². The van der Waals surface area contributed by atoms with Gasteiger partial charge in [0.1, 0.15) is 0 Å². The van der Waals surface area contributed by atoms with Crippen molar-refractivity contribution in [2.75, 3.05) is 6.54 Å². The van der Waals surface area contributed by atoms with E-state index in [1.54, 1.807) is 0 Å². The summed E-state index contributed by atoms with van der Waals surface area (Å²) in [6.07, 6.45) is 2.84. The molecule has 0 aromatic rings. The third kappa shape index (κ3) is 4.34. The van der Waals surface area contributed by atoms with Crippen LogP contribution in [0.1, 0.15) is 19.8 Å². The highest BCUT2D eigenvalue weighted by Crippen LogP contribution is 2.35. The third-order valence-corrected chi connectivity index (χ3v) is 1.87. The van der Waals surface area contributed by atoms with Crippen molar-refractivity contribution < 1.29 is 0 Å². The van der Waals surface area contributed by atoms with E-state index in [9.17, 15) is 0 Å². The van der Waals surface area contributed by atoms with Crippen LogP contribution in [0.2, 0.25) is 0 Å². The number of hydrazine groups is 1. The Balaban J connectivity index is 0. The first-order valence-electron chi connectivity index (χ1n) is 3.28. The van der Waals surface area contributed by atoms with Crippen molar-refractivity contribution >= 4 is 24.8 Å². The van der Waals surface area contributed by atoms with Crippen molar-refractivity contribution in [1.82, 2.24) is 5.43 Å². The second-order valence-corrected chi connectivity index (χ2v) is 2.72. The second kappa shape index (κ2) is 6.23. The molecular formula is C6H16Cl2N2. The summed E-state index contributed by atoms with van der Waals surface area (Å²) < 4.78 is 0. The SMILES string of the molecule is CC(CNN)C1CC1.Cl.Cl. The van der Waals surface area contributed by atoms with Crippen LogP contribution in [0.3, 0.4) is 0 Å². The maximum Gasteiger partial charge on any atom is 0.0126 e. The zero-order chi connectivity index (χ0) is 5.98. The number of hydrogen-bond donors (Lipinski definition) is 2. The van der Waals surface area contributed by atoms with Crippen molar-refractivity contribution in [1.29, 1.82) is 0 Å². The molecule has 1 aliphatic rings. The van der Waals surface area contributed by atoms with Crippen molar-refractivity contribution in [2.24, 2.45) is 17.7 Å². The average Bonchev–Trinajstić information content (AvgIpc) is 2.45. The molecule has 0 aliphatic heterocycles. The minimum atomic E-state index is 0. The van der Waals surface area contributed by atoms with Gasteiger partial charge in [0, 0.05) is 6.54 Å². The number of hydrogen-bond acceptors (Lipinski definition) is 2. The summed E-state index contributed by atoms with van der Waals surface area (Å²) >= 11 is 0. The molecule has 2 nitrogen and oxygen atoms in total. The van der Waals surface area contributed by atoms with Gasteiger partial charge in [0.05, 0.1) is 0 Å². The van der Waals surface area contributed by atoms with Gasteiger partial charge >= 0.3 is 0 Å². The number of nitrogens with one attached hydrogen (secondary N) is 1. The highest BCUT2D eigenvalue weighted by Gasteiger charge is 2.26. The number of nitrogens with two attached hydrogens (primary N) is 1. The fraction of sp³-hybridized carbons (Fsp3) is 1.00. The highest BCUT2D eigenvalue weighted by atomic mass is 35.5. The molecule has 4 heteroatoms. The molecular weight excluding hydrogens is 171 g/mol. The van der Waals surface area contributed by atoms with E-state index in [0.29, 0.717) is 0 Å². The van der Waals surface area contributed by atoms with Gasteiger partial charge in [-0.2, -0.15) is 0 Å². The van der Waals surface area contributed by atoms with Gasteiger partial charge in [-0.1, -0.05) is 6.92 Å². The summed E-state index contributed by atoms with van der Waals surface area (Å²) in [4.78, 5) is 0. The lowest BCUT2D eigenvalue weighted by molar-refractivity contribution is 0.469. The Hall–Kier alpha value is 0.500. The number of rotatable bonds is 3. The molecule has 0 heterocycles. The van der Waals surface area contributed by atoms with Gasteiger partial charge in [0.2, 0.25) is 0 Å². The smallest absolute Gasteiger partial charge is 0.0126 e. The van der Waals surface area contributed by atoms with E-state index < -0.39 is 0 Å². The molecule has 1 saturated carbocycles. The molecule has 0 amide bonds. The van der Waals surface area contributed by atoms with Crippen LogP contribution >= 0.6 is 24.8 Å². The maximum atomic E-state index is 5.14. The first-order chi connectivity index (χ1) is 3.84. The molecule has 0 aromatic carbocycles. The predicted octanol–water partition coefficient (Wildman–Crippen LogP) is 1.34. The standard InChI is InChI=1S/C6H14N2.2ClH/c1-5(4-8-7)6-2-3-6;;/h5-6,8H,2-4,7H2,1H3;2*1H. The minimum Gasteiger partial charge on any atom is -0.271 e. The molecule has 1 aliphatic carbocycles. The normalized spacial score (nSPS) is 18.6. The van der Waals surface area contributed by atoms with Gasteiger partial charge in [-0.25, -0.2) is 0 Å². The van der Waals surface area contributed by atoms with E-state index in [1.165, 1.54) is 12.8 Å². The topological polar surface area (TPSA) is 38.0 Å².